The minimum absolute atomic E-state index is 0.208. The molecule has 0 bridgehead atoms. The average molecular weight is 358 g/mol. The van der Waals surface area contributed by atoms with Crippen LogP contribution in [0.1, 0.15) is 35.0 Å². The third kappa shape index (κ3) is 2.77. The second-order valence-corrected chi connectivity index (χ2v) is 7.95. The van der Waals surface area contributed by atoms with Crippen LogP contribution in [0, 0.1) is 0 Å². The summed E-state index contributed by atoms with van der Waals surface area (Å²) in [6.07, 6.45) is 4.72. The third-order valence-corrected chi connectivity index (χ3v) is 6.20. The van der Waals surface area contributed by atoms with E-state index in [4.69, 9.17) is 5.73 Å². The fourth-order valence-corrected chi connectivity index (χ4v) is 4.93. The summed E-state index contributed by atoms with van der Waals surface area (Å²) in [6, 6.07) is 0. The van der Waals surface area contributed by atoms with Crippen LogP contribution in [-0.2, 0) is 12.8 Å². The van der Waals surface area contributed by atoms with Crippen molar-refractivity contribution in [1.82, 2.24) is 0 Å². The SMILES string of the molecule is C=C(Br)CSC1=NC(N)c2c(sc3c2CCCC3)N1. The lowest BCUT2D eigenvalue weighted by molar-refractivity contribution is 0.674. The van der Waals surface area contributed by atoms with E-state index in [1.807, 2.05) is 11.3 Å². The Hall–Kier alpha value is -0.300. The number of fused-ring (bicyclic) bond motifs is 3. The van der Waals surface area contributed by atoms with Gasteiger partial charge in [-0.15, -0.1) is 11.3 Å². The number of aryl methyl sites for hydroxylation is 1. The Morgan fingerprint density at radius 3 is 3.11 bits per heavy atom. The molecule has 0 radical (unpaired) electrons. The minimum atomic E-state index is -0.208. The van der Waals surface area contributed by atoms with E-state index in [0.717, 1.165) is 21.8 Å². The molecule has 3 N–H and O–H groups in total. The standard InChI is InChI=1S/C13H16BrN3S2/c1-7(14)6-18-13-16-11(15)10-8-4-2-3-5-9(8)19-12(10)17-13/h11H,1-6,15H2,(H,16,17). The van der Waals surface area contributed by atoms with Crippen molar-refractivity contribution in [3.8, 4) is 0 Å². The van der Waals surface area contributed by atoms with Gasteiger partial charge in [-0.25, -0.2) is 4.99 Å². The largest absolute Gasteiger partial charge is 0.326 e. The topological polar surface area (TPSA) is 50.4 Å². The highest BCUT2D eigenvalue weighted by molar-refractivity contribution is 9.11. The van der Waals surface area contributed by atoms with Crippen LogP contribution in [0.2, 0.25) is 0 Å². The molecule has 102 valence electrons. The number of hydrogen-bond acceptors (Lipinski definition) is 5. The van der Waals surface area contributed by atoms with E-state index >= 15 is 0 Å². The van der Waals surface area contributed by atoms with Gasteiger partial charge in [0, 0.05) is 16.2 Å². The Kier molecular flexibility index (Phi) is 4.03. The van der Waals surface area contributed by atoms with Crippen molar-refractivity contribution in [2.45, 2.75) is 31.8 Å². The Morgan fingerprint density at radius 1 is 1.53 bits per heavy atom. The van der Waals surface area contributed by atoms with E-state index in [-0.39, 0.29) is 6.17 Å². The summed E-state index contributed by atoms with van der Waals surface area (Å²) in [5.74, 6) is 0.805. The van der Waals surface area contributed by atoms with Gasteiger partial charge < -0.3 is 11.1 Å². The predicted molar refractivity (Wildman–Crippen MR) is 89.5 cm³/mol. The number of thioether (sulfide) groups is 1. The normalized spacial score (nSPS) is 21.2. The van der Waals surface area contributed by atoms with Gasteiger partial charge in [0.2, 0.25) is 0 Å². The first-order chi connectivity index (χ1) is 9.15. The lowest BCUT2D eigenvalue weighted by Gasteiger charge is -2.21. The van der Waals surface area contributed by atoms with Crippen LogP contribution in [0.4, 0.5) is 5.00 Å². The molecule has 0 saturated carbocycles. The van der Waals surface area contributed by atoms with Gasteiger partial charge >= 0.3 is 0 Å². The number of rotatable bonds is 2. The van der Waals surface area contributed by atoms with E-state index in [1.165, 1.54) is 40.3 Å². The molecular weight excluding hydrogens is 342 g/mol. The van der Waals surface area contributed by atoms with Gasteiger partial charge in [-0.1, -0.05) is 34.3 Å². The van der Waals surface area contributed by atoms with Gasteiger partial charge in [-0.05, 0) is 35.7 Å². The average Bonchev–Trinajstić information content (AvgIpc) is 2.74. The molecule has 0 spiro atoms. The molecule has 1 unspecified atom stereocenters. The van der Waals surface area contributed by atoms with Gasteiger partial charge in [0.05, 0.1) is 0 Å². The van der Waals surface area contributed by atoms with Crippen molar-refractivity contribution in [3.63, 3.8) is 0 Å². The summed E-state index contributed by atoms with van der Waals surface area (Å²) in [7, 11) is 0. The lowest BCUT2D eigenvalue weighted by atomic mass is 9.94. The molecule has 19 heavy (non-hydrogen) atoms. The number of nitrogens with two attached hydrogens (primary N) is 1. The molecule has 1 aromatic rings. The van der Waals surface area contributed by atoms with E-state index in [1.54, 1.807) is 11.8 Å². The van der Waals surface area contributed by atoms with E-state index in [2.05, 4.69) is 32.8 Å². The first-order valence-corrected chi connectivity index (χ1v) is 8.95. The third-order valence-electron chi connectivity index (χ3n) is 3.35. The van der Waals surface area contributed by atoms with Gasteiger partial charge in [-0.3, -0.25) is 0 Å². The van der Waals surface area contributed by atoms with Crippen molar-refractivity contribution in [1.29, 1.82) is 0 Å². The molecule has 0 saturated heterocycles. The lowest BCUT2D eigenvalue weighted by Crippen LogP contribution is -2.22. The molecule has 1 atom stereocenters. The smallest absolute Gasteiger partial charge is 0.163 e. The van der Waals surface area contributed by atoms with Crippen LogP contribution in [0.25, 0.3) is 0 Å². The van der Waals surface area contributed by atoms with Crippen molar-refractivity contribution in [2.75, 3.05) is 11.1 Å². The molecule has 1 aromatic heterocycles. The van der Waals surface area contributed by atoms with Gasteiger partial charge in [-0.2, -0.15) is 0 Å². The zero-order valence-corrected chi connectivity index (χ0v) is 13.8. The molecular formula is C13H16BrN3S2. The number of nitrogens with one attached hydrogen (secondary N) is 1. The summed E-state index contributed by atoms with van der Waals surface area (Å²) in [6.45, 7) is 3.84. The second-order valence-electron chi connectivity index (χ2n) is 4.76. The van der Waals surface area contributed by atoms with Crippen LogP contribution in [-0.4, -0.2) is 10.9 Å². The van der Waals surface area contributed by atoms with Crippen molar-refractivity contribution in [3.05, 3.63) is 27.1 Å². The number of hydrogen-bond donors (Lipinski definition) is 2. The number of halogens is 1. The molecule has 0 fully saturated rings. The summed E-state index contributed by atoms with van der Waals surface area (Å²) < 4.78 is 0.965. The highest BCUT2D eigenvalue weighted by Gasteiger charge is 2.28. The second kappa shape index (κ2) is 5.60. The van der Waals surface area contributed by atoms with Crippen molar-refractivity contribution < 1.29 is 0 Å². The molecule has 0 aromatic carbocycles. The Balaban J connectivity index is 1.84. The van der Waals surface area contributed by atoms with Crippen LogP contribution in [0.3, 0.4) is 0 Å². The highest BCUT2D eigenvalue weighted by atomic mass is 79.9. The maximum absolute atomic E-state index is 6.24. The Morgan fingerprint density at radius 2 is 2.32 bits per heavy atom. The molecule has 2 aliphatic rings. The van der Waals surface area contributed by atoms with Gasteiger partial charge in [0.1, 0.15) is 11.2 Å². The van der Waals surface area contributed by atoms with Gasteiger partial charge in [0.15, 0.2) is 5.17 Å². The molecule has 2 heterocycles. The summed E-state index contributed by atoms with van der Waals surface area (Å²) in [4.78, 5) is 6.07. The molecule has 3 rings (SSSR count). The Bertz CT molecular complexity index is 550. The van der Waals surface area contributed by atoms with Crippen LogP contribution in [0.5, 0.6) is 0 Å². The molecule has 0 amide bonds. The first-order valence-electron chi connectivity index (χ1n) is 6.36. The quantitative estimate of drug-likeness (QED) is 0.840. The molecule has 3 nitrogen and oxygen atoms in total. The molecule has 6 heteroatoms. The van der Waals surface area contributed by atoms with Crippen LogP contribution < -0.4 is 11.1 Å². The predicted octanol–water partition coefficient (Wildman–Crippen LogP) is 4.01. The number of thiophene rings is 1. The Labute approximate surface area is 129 Å². The maximum atomic E-state index is 6.24. The minimum Gasteiger partial charge on any atom is -0.326 e. The van der Waals surface area contributed by atoms with Crippen LogP contribution >= 0.6 is 39.0 Å². The van der Waals surface area contributed by atoms with Crippen molar-refractivity contribution in [2.24, 2.45) is 10.7 Å². The summed E-state index contributed by atoms with van der Waals surface area (Å²) in [5, 5.41) is 5.54. The number of aliphatic imine (C=N–C) groups is 1. The monoisotopic (exact) mass is 357 g/mol. The summed E-state index contributed by atoms with van der Waals surface area (Å²) in [5.41, 5.74) is 8.94. The molecule has 1 aliphatic carbocycles. The zero-order chi connectivity index (χ0) is 13.4. The number of anilines is 1. The number of amidine groups is 1. The van der Waals surface area contributed by atoms with Crippen LogP contribution in [0.15, 0.2) is 16.1 Å². The number of nitrogens with zero attached hydrogens (tertiary/aromatic N) is 1. The van der Waals surface area contributed by atoms with E-state index in [0.29, 0.717) is 0 Å². The van der Waals surface area contributed by atoms with Crippen molar-refractivity contribution >= 4 is 49.2 Å². The first kappa shape index (κ1) is 13.7. The fourth-order valence-electron chi connectivity index (χ4n) is 2.54. The van der Waals surface area contributed by atoms with Gasteiger partial charge in [0.25, 0.3) is 0 Å². The summed E-state index contributed by atoms with van der Waals surface area (Å²) >= 11 is 6.87. The van der Waals surface area contributed by atoms with E-state index < -0.39 is 0 Å². The maximum Gasteiger partial charge on any atom is 0.163 e. The van der Waals surface area contributed by atoms with E-state index in [9.17, 15) is 0 Å². The zero-order valence-electron chi connectivity index (χ0n) is 10.5. The highest BCUT2D eigenvalue weighted by Crippen LogP contribution is 2.43. The fraction of sp³-hybridized carbons (Fsp3) is 0.462. The molecule has 1 aliphatic heterocycles.